The van der Waals surface area contributed by atoms with Crippen LogP contribution < -0.4 is 5.32 Å². The number of aromatic nitrogens is 2. The van der Waals surface area contributed by atoms with E-state index in [2.05, 4.69) is 40.9 Å². The van der Waals surface area contributed by atoms with Gasteiger partial charge in [-0.15, -0.1) is 0 Å². The monoisotopic (exact) mass is 445 g/mol. The van der Waals surface area contributed by atoms with Gasteiger partial charge in [-0.2, -0.15) is 0 Å². The Morgan fingerprint density at radius 1 is 1.19 bits per heavy atom. The van der Waals surface area contributed by atoms with Crippen molar-refractivity contribution < 1.29 is 19.1 Å². The van der Waals surface area contributed by atoms with E-state index in [0.717, 1.165) is 11.3 Å². The molecule has 8 heteroatoms. The van der Waals surface area contributed by atoms with Gasteiger partial charge in [-0.05, 0) is 36.7 Å². The molecule has 1 heterocycles. The summed E-state index contributed by atoms with van der Waals surface area (Å²) in [6.07, 6.45) is 9.25. The smallest absolute Gasteiger partial charge is 0.357 e. The number of aryl methyl sites for hydroxylation is 1. The van der Waals surface area contributed by atoms with Crippen molar-refractivity contribution in [3.8, 4) is 11.8 Å². The number of nitrogens with one attached hydrogen (secondary N) is 1. The lowest BCUT2D eigenvalue weighted by atomic mass is 10.1. The van der Waals surface area contributed by atoms with Gasteiger partial charge in [0.1, 0.15) is 12.4 Å². The van der Waals surface area contributed by atoms with E-state index in [1.807, 2.05) is 30.3 Å². The Morgan fingerprint density at radius 3 is 2.61 bits per heavy atom. The van der Waals surface area contributed by atoms with Crippen LogP contribution in [0.5, 0.6) is 0 Å². The Bertz CT molecular complexity index is 924. The molecule has 0 atom stereocenters. The van der Waals surface area contributed by atoms with Crippen molar-refractivity contribution in [3.05, 3.63) is 53.6 Å². The summed E-state index contributed by atoms with van der Waals surface area (Å²) in [4.78, 5) is 28.4. The second kappa shape index (κ2) is 12.2. The molecule has 168 valence electrons. The number of ether oxygens (including phenoxy) is 2. The number of esters is 1. The topological polar surface area (TPSA) is 82.5 Å². The third-order valence-electron chi connectivity index (χ3n) is 4.35. The zero-order chi connectivity index (χ0) is 22.7. The fourth-order valence-corrected chi connectivity index (χ4v) is 3.23. The molecule has 0 saturated heterocycles. The van der Waals surface area contributed by atoms with Gasteiger partial charge < -0.3 is 14.8 Å². The van der Waals surface area contributed by atoms with Crippen LogP contribution >= 0.6 is 10.0 Å². The van der Waals surface area contributed by atoms with Crippen LogP contribution in [0.15, 0.2) is 36.7 Å². The van der Waals surface area contributed by atoms with E-state index in [4.69, 9.17) is 9.47 Å². The van der Waals surface area contributed by atoms with Crippen molar-refractivity contribution in [2.45, 2.75) is 19.6 Å². The van der Waals surface area contributed by atoms with Gasteiger partial charge in [0.15, 0.2) is 5.69 Å². The maximum Gasteiger partial charge on any atom is 0.357 e. The Hall–Kier alpha value is -2.76. The summed E-state index contributed by atoms with van der Waals surface area (Å²) in [5, 5.41) is 2.76. The van der Waals surface area contributed by atoms with Crippen molar-refractivity contribution in [2.75, 3.05) is 44.8 Å². The summed E-state index contributed by atoms with van der Waals surface area (Å²) in [7, 11) is 0.668. The third-order valence-corrected chi connectivity index (χ3v) is 5.74. The van der Waals surface area contributed by atoms with Crippen molar-refractivity contribution >= 4 is 21.9 Å². The van der Waals surface area contributed by atoms with E-state index in [-0.39, 0.29) is 24.9 Å². The van der Waals surface area contributed by atoms with Gasteiger partial charge in [-0.1, -0.05) is 36.3 Å². The fraction of sp³-hybridized carbons (Fsp3) is 0.435. The maximum atomic E-state index is 12.2. The third kappa shape index (κ3) is 8.87. The quantitative estimate of drug-likeness (QED) is 0.345. The molecule has 31 heavy (non-hydrogen) atoms. The molecule has 7 nitrogen and oxygen atoms in total. The highest BCUT2D eigenvalue weighted by atomic mass is 32.3. The van der Waals surface area contributed by atoms with Crippen LogP contribution in [-0.2, 0) is 27.4 Å². The molecule has 0 saturated carbocycles. The van der Waals surface area contributed by atoms with Crippen LogP contribution in [0.2, 0.25) is 0 Å². The van der Waals surface area contributed by atoms with Crippen LogP contribution in [0.3, 0.4) is 0 Å². The Balaban J connectivity index is 1.89. The Morgan fingerprint density at radius 2 is 1.94 bits per heavy atom. The molecule has 0 bridgehead atoms. The van der Waals surface area contributed by atoms with E-state index in [0.29, 0.717) is 25.1 Å². The molecule has 0 unspecified atom stereocenters. The Labute approximate surface area is 185 Å². The number of hydrogen-bond acceptors (Lipinski definition) is 5. The first-order valence-corrected chi connectivity index (χ1v) is 13.0. The van der Waals surface area contributed by atoms with Gasteiger partial charge in [0.25, 0.3) is 0 Å². The zero-order valence-corrected chi connectivity index (χ0v) is 19.5. The van der Waals surface area contributed by atoms with Crippen LogP contribution in [0, 0.1) is 11.8 Å². The molecule has 1 aromatic carbocycles. The standard InChI is InChI=1S/C23H31N3O4S/c1-29-23(28)22-20(25-17-26(22)18-30-15-16-31(2,3)4)11-8-14-24-21(27)13-12-19-9-6-5-7-10-19/h5-7,9-10,17H,12-16,18H2,1-4H3,(H,24,27). The van der Waals surface area contributed by atoms with Gasteiger partial charge in [0.2, 0.25) is 5.91 Å². The first kappa shape index (κ1) is 24.5. The van der Waals surface area contributed by atoms with Crippen molar-refractivity contribution in [1.82, 2.24) is 14.9 Å². The molecule has 0 fully saturated rings. The minimum atomic E-state index is -0.645. The number of methoxy groups -OCH3 is 1. The van der Waals surface area contributed by atoms with E-state index in [9.17, 15) is 9.59 Å². The first-order valence-electron chi connectivity index (χ1n) is 9.97. The van der Waals surface area contributed by atoms with Gasteiger partial charge >= 0.3 is 5.97 Å². The summed E-state index contributed by atoms with van der Waals surface area (Å²) in [6, 6.07) is 9.83. The van der Waals surface area contributed by atoms with Gasteiger partial charge in [-0.25, -0.2) is 19.8 Å². The molecular formula is C23H31N3O4S. The highest BCUT2D eigenvalue weighted by Gasteiger charge is 2.18. The van der Waals surface area contributed by atoms with Crippen molar-refractivity contribution in [2.24, 2.45) is 0 Å². The summed E-state index contributed by atoms with van der Waals surface area (Å²) < 4.78 is 12.2. The zero-order valence-electron chi connectivity index (χ0n) is 18.6. The molecule has 1 aromatic heterocycles. The normalized spacial score (nSPS) is 11.4. The minimum absolute atomic E-state index is 0.0775. The number of rotatable bonds is 10. The number of imidazole rings is 1. The molecule has 1 N–H and O–H groups in total. The number of benzene rings is 1. The Kier molecular flexibility index (Phi) is 9.63. The molecule has 2 aromatic rings. The van der Waals surface area contributed by atoms with Gasteiger partial charge in [0.05, 0.1) is 26.6 Å². The molecular weight excluding hydrogens is 414 g/mol. The van der Waals surface area contributed by atoms with E-state index >= 15 is 0 Å². The summed E-state index contributed by atoms with van der Waals surface area (Å²) in [5.41, 5.74) is 1.66. The lowest BCUT2D eigenvalue weighted by molar-refractivity contribution is -0.120. The SMILES string of the molecule is COC(=O)c1c(C#CCNC(=O)CCc2ccccc2)ncn1COCCS(C)(C)C. The summed E-state index contributed by atoms with van der Waals surface area (Å²) in [5.74, 6) is 6.06. The highest BCUT2D eigenvalue weighted by Crippen LogP contribution is 2.33. The number of amides is 1. The predicted molar refractivity (Wildman–Crippen MR) is 124 cm³/mol. The molecule has 0 aliphatic rings. The summed E-state index contributed by atoms with van der Waals surface area (Å²) >= 11 is 0. The average Bonchev–Trinajstić information content (AvgIpc) is 3.15. The largest absolute Gasteiger partial charge is 0.464 e. The van der Waals surface area contributed by atoms with Gasteiger partial charge in [0, 0.05) is 12.2 Å². The van der Waals surface area contributed by atoms with Crippen molar-refractivity contribution in [1.29, 1.82) is 0 Å². The molecule has 0 aliphatic heterocycles. The average molecular weight is 446 g/mol. The van der Waals surface area contributed by atoms with Gasteiger partial charge in [-0.3, -0.25) is 9.36 Å². The van der Waals surface area contributed by atoms with Crippen LogP contribution in [-0.4, -0.2) is 66.2 Å². The van der Waals surface area contributed by atoms with Crippen molar-refractivity contribution in [3.63, 3.8) is 0 Å². The number of carbonyl (C=O) groups excluding carboxylic acids is 2. The maximum absolute atomic E-state index is 12.2. The highest BCUT2D eigenvalue weighted by molar-refractivity contribution is 8.32. The second-order valence-corrected chi connectivity index (χ2v) is 12.4. The molecule has 2 rings (SSSR count). The number of carbonyl (C=O) groups is 2. The second-order valence-electron chi connectivity index (χ2n) is 7.80. The lowest BCUT2D eigenvalue weighted by Crippen LogP contribution is -2.23. The molecule has 0 aliphatic carbocycles. The predicted octanol–water partition coefficient (Wildman–Crippen LogP) is 2.44. The van der Waals surface area contributed by atoms with E-state index < -0.39 is 16.0 Å². The lowest BCUT2D eigenvalue weighted by Gasteiger charge is -2.24. The number of nitrogens with zero attached hydrogens (tertiary/aromatic N) is 2. The van der Waals surface area contributed by atoms with E-state index in [1.165, 1.54) is 13.4 Å². The first-order chi connectivity index (χ1) is 14.8. The fourth-order valence-electron chi connectivity index (χ4n) is 2.62. The van der Waals surface area contributed by atoms with Crippen LogP contribution in [0.4, 0.5) is 0 Å². The molecule has 0 spiro atoms. The van der Waals surface area contributed by atoms with Crippen LogP contribution in [0.1, 0.15) is 28.2 Å². The van der Waals surface area contributed by atoms with E-state index in [1.54, 1.807) is 4.57 Å². The molecule has 1 amide bonds. The minimum Gasteiger partial charge on any atom is -0.464 e. The summed E-state index contributed by atoms with van der Waals surface area (Å²) in [6.45, 7) is 0.977. The molecule has 0 radical (unpaired) electrons. The number of hydrogen-bond donors (Lipinski definition) is 1. The van der Waals surface area contributed by atoms with Crippen LogP contribution in [0.25, 0.3) is 0 Å².